The summed E-state index contributed by atoms with van der Waals surface area (Å²) in [6.07, 6.45) is 5.03. The van der Waals surface area contributed by atoms with Crippen molar-refractivity contribution in [3.05, 3.63) is 22.1 Å². The van der Waals surface area contributed by atoms with Gasteiger partial charge in [-0.2, -0.15) is 5.10 Å². The number of urea groups is 1. The maximum absolute atomic E-state index is 12.3. The van der Waals surface area contributed by atoms with Gasteiger partial charge in [-0.1, -0.05) is 0 Å². The molecule has 2 fully saturated rings. The number of hydrazone groups is 1. The quantitative estimate of drug-likeness (QED) is 0.428. The lowest BCUT2D eigenvalue weighted by molar-refractivity contribution is -0.391. The minimum atomic E-state index is -0.508. The molecule has 0 N–H and O–H groups in total. The summed E-state index contributed by atoms with van der Waals surface area (Å²) in [5.74, 6) is 0.224. The Bertz CT molecular complexity index is 651. The second-order valence-electron chi connectivity index (χ2n) is 5.98. The zero-order chi connectivity index (χ0) is 17.1. The van der Waals surface area contributed by atoms with Crippen LogP contribution in [-0.2, 0) is 7.05 Å². The highest BCUT2D eigenvalue weighted by Crippen LogP contribution is 2.13. The van der Waals surface area contributed by atoms with Gasteiger partial charge in [0.05, 0.1) is 13.6 Å². The number of rotatable bonds is 6. The van der Waals surface area contributed by atoms with E-state index in [-0.39, 0.29) is 11.8 Å². The van der Waals surface area contributed by atoms with Gasteiger partial charge < -0.3 is 19.9 Å². The zero-order valence-corrected chi connectivity index (χ0v) is 13.7. The SMILES string of the molecule is Cn1c([N+](=O)[O-])cnc1/C=N/N1CCN(CCN2CCCC2)C1=O. The van der Waals surface area contributed by atoms with Crippen LogP contribution in [-0.4, -0.2) is 80.8 Å². The van der Waals surface area contributed by atoms with E-state index in [4.69, 9.17) is 0 Å². The Hall–Kier alpha value is -2.49. The molecule has 0 spiro atoms. The van der Waals surface area contributed by atoms with E-state index >= 15 is 0 Å². The summed E-state index contributed by atoms with van der Waals surface area (Å²) in [6.45, 7) is 4.99. The highest BCUT2D eigenvalue weighted by molar-refractivity contribution is 5.80. The molecule has 0 aromatic carbocycles. The number of carbonyl (C=O) groups excluding carboxylic acids is 1. The Balaban J connectivity index is 1.56. The van der Waals surface area contributed by atoms with Crippen molar-refractivity contribution in [1.82, 2.24) is 24.4 Å². The highest BCUT2D eigenvalue weighted by Gasteiger charge is 2.28. The zero-order valence-electron chi connectivity index (χ0n) is 13.7. The monoisotopic (exact) mass is 335 g/mol. The molecule has 10 heteroatoms. The molecule has 3 rings (SSSR count). The number of likely N-dealkylation sites (tertiary alicyclic amines) is 1. The van der Waals surface area contributed by atoms with Crippen LogP contribution < -0.4 is 0 Å². The van der Waals surface area contributed by atoms with Crippen LogP contribution in [0.25, 0.3) is 0 Å². The lowest BCUT2D eigenvalue weighted by Crippen LogP contribution is -2.36. The van der Waals surface area contributed by atoms with E-state index < -0.39 is 4.92 Å². The molecule has 24 heavy (non-hydrogen) atoms. The summed E-state index contributed by atoms with van der Waals surface area (Å²) in [5, 5.41) is 16.3. The van der Waals surface area contributed by atoms with Crippen LogP contribution in [0, 0.1) is 10.1 Å². The topological polar surface area (TPSA) is 100 Å². The van der Waals surface area contributed by atoms with Gasteiger partial charge in [-0.3, -0.25) is 0 Å². The van der Waals surface area contributed by atoms with E-state index in [0.717, 1.165) is 19.6 Å². The first-order chi connectivity index (χ1) is 11.6. The number of nitro groups is 1. The molecule has 3 heterocycles. The molecule has 2 amide bonds. The Labute approximate surface area is 139 Å². The maximum atomic E-state index is 12.3. The van der Waals surface area contributed by atoms with Crippen LogP contribution in [0.4, 0.5) is 10.6 Å². The summed E-state index contributed by atoms with van der Waals surface area (Å²) in [7, 11) is 1.54. The van der Waals surface area contributed by atoms with Gasteiger partial charge >= 0.3 is 11.8 Å². The van der Waals surface area contributed by atoms with Gasteiger partial charge in [-0.25, -0.2) is 19.4 Å². The summed E-state index contributed by atoms with van der Waals surface area (Å²) in [6, 6.07) is -0.130. The number of amides is 2. The van der Waals surface area contributed by atoms with Crippen LogP contribution in [0.3, 0.4) is 0 Å². The first-order valence-electron chi connectivity index (χ1n) is 8.05. The van der Waals surface area contributed by atoms with Crippen LogP contribution in [0.5, 0.6) is 0 Å². The Kier molecular flexibility index (Phi) is 4.74. The van der Waals surface area contributed by atoms with E-state index in [1.807, 2.05) is 0 Å². The smallest absolute Gasteiger partial charge is 0.342 e. The van der Waals surface area contributed by atoms with Crippen molar-refractivity contribution in [3.8, 4) is 0 Å². The molecule has 0 unspecified atom stereocenters. The fourth-order valence-corrected chi connectivity index (χ4v) is 2.98. The molecule has 2 aliphatic heterocycles. The van der Waals surface area contributed by atoms with Crippen LogP contribution in [0.2, 0.25) is 0 Å². The normalized spacial score (nSPS) is 19.1. The van der Waals surface area contributed by atoms with Crippen molar-refractivity contribution in [2.75, 3.05) is 39.3 Å². The first-order valence-corrected chi connectivity index (χ1v) is 8.05. The Morgan fingerprint density at radius 1 is 1.29 bits per heavy atom. The molecule has 1 aromatic heterocycles. The molecule has 1 aromatic rings. The number of hydrogen-bond acceptors (Lipinski definition) is 6. The fraction of sp³-hybridized carbons (Fsp3) is 0.643. The van der Waals surface area contributed by atoms with Gasteiger partial charge in [0.2, 0.25) is 5.82 Å². The van der Waals surface area contributed by atoms with Crippen molar-refractivity contribution in [1.29, 1.82) is 0 Å². The lowest BCUT2D eigenvalue weighted by atomic mass is 10.4. The van der Waals surface area contributed by atoms with Crippen molar-refractivity contribution >= 4 is 18.1 Å². The summed E-state index contributed by atoms with van der Waals surface area (Å²) in [4.78, 5) is 30.7. The predicted molar refractivity (Wildman–Crippen MR) is 86.8 cm³/mol. The second-order valence-corrected chi connectivity index (χ2v) is 5.98. The number of imidazole rings is 1. The van der Waals surface area contributed by atoms with Gasteiger partial charge in [0, 0.05) is 19.6 Å². The number of carbonyl (C=O) groups is 1. The van der Waals surface area contributed by atoms with Crippen LogP contribution in [0.1, 0.15) is 18.7 Å². The van der Waals surface area contributed by atoms with Gasteiger partial charge in [0.25, 0.3) is 0 Å². The van der Waals surface area contributed by atoms with Gasteiger partial charge in [0.1, 0.15) is 12.4 Å². The number of nitrogens with zero attached hydrogens (tertiary/aromatic N) is 7. The van der Waals surface area contributed by atoms with E-state index in [1.165, 1.54) is 34.8 Å². The number of aromatic nitrogens is 2. The molecule has 10 nitrogen and oxygen atoms in total. The van der Waals surface area contributed by atoms with E-state index in [1.54, 1.807) is 11.9 Å². The molecular formula is C14H21N7O3. The molecule has 0 atom stereocenters. The minimum absolute atomic E-state index is 0.114. The van der Waals surface area contributed by atoms with Crippen LogP contribution >= 0.6 is 0 Å². The standard InChI is InChI=1S/C14H21N7O3/c1-17-12(15-11-13(17)21(23)24)10-16-20-9-8-19(14(20)22)7-6-18-4-2-3-5-18/h10-11H,2-9H2,1H3/b16-10+. The molecule has 2 aliphatic rings. The summed E-state index contributed by atoms with van der Waals surface area (Å²) in [5.41, 5.74) is 0. The second kappa shape index (κ2) is 6.95. The summed E-state index contributed by atoms with van der Waals surface area (Å²) < 4.78 is 1.33. The average molecular weight is 335 g/mol. The van der Waals surface area contributed by atoms with Crippen molar-refractivity contribution in [2.24, 2.45) is 12.1 Å². The molecule has 2 saturated heterocycles. The average Bonchev–Trinajstić information content (AvgIpc) is 3.25. The summed E-state index contributed by atoms with van der Waals surface area (Å²) >= 11 is 0. The third kappa shape index (κ3) is 3.37. The molecule has 130 valence electrons. The van der Waals surface area contributed by atoms with Crippen molar-refractivity contribution in [3.63, 3.8) is 0 Å². The number of hydrogen-bond donors (Lipinski definition) is 0. The first kappa shape index (κ1) is 16.4. The Morgan fingerprint density at radius 3 is 2.71 bits per heavy atom. The molecular weight excluding hydrogens is 314 g/mol. The molecule has 0 bridgehead atoms. The lowest BCUT2D eigenvalue weighted by Gasteiger charge is -2.20. The van der Waals surface area contributed by atoms with Crippen molar-refractivity contribution < 1.29 is 9.72 Å². The third-order valence-electron chi connectivity index (χ3n) is 4.46. The van der Waals surface area contributed by atoms with Gasteiger partial charge in [-0.05, 0) is 30.9 Å². The fourth-order valence-electron chi connectivity index (χ4n) is 2.98. The van der Waals surface area contributed by atoms with Gasteiger partial charge in [0.15, 0.2) is 0 Å². The van der Waals surface area contributed by atoms with E-state index in [2.05, 4.69) is 15.0 Å². The van der Waals surface area contributed by atoms with Crippen LogP contribution in [0.15, 0.2) is 11.3 Å². The van der Waals surface area contributed by atoms with E-state index in [0.29, 0.717) is 25.5 Å². The highest BCUT2D eigenvalue weighted by atomic mass is 16.6. The molecule has 0 saturated carbocycles. The van der Waals surface area contributed by atoms with Gasteiger partial charge in [-0.15, -0.1) is 0 Å². The van der Waals surface area contributed by atoms with E-state index in [9.17, 15) is 14.9 Å². The van der Waals surface area contributed by atoms with Crippen molar-refractivity contribution in [2.45, 2.75) is 12.8 Å². The largest absolute Gasteiger partial charge is 0.358 e. The molecule has 0 radical (unpaired) electrons. The molecule has 0 aliphatic carbocycles. The Morgan fingerprint density at radius 2 is 2.04 bits per heavy atom. The predicted octanol–water partition coefficient (Wildman–Crippen LogP) is 0.496. The third-order valence-corrected chi connectivity index (χ3v) is 4.46. The maximum Gasteiger partial charge on any atom is 0.342 e. The minimum Gasteiger partial charge on any atom is -0.358 e.